The van der Waals surface area contributed by atoms with E-state index >= 15 is 0 Å². The van der Waals surface area contributed by atoms with E-state index in [1.54, 1.807) is 13.8 Å². The highest BCUT2D eigenvalue weighted by atomic mass is 32.2. The summed E-state index contributed by atoms with van der Waals surface area (Å²) < 4.78 is 21.3. The summed E-state index contributed by atoms with van der Waals surface area (Å²) in [6, 6.07) is 10.7. The van der Waals surface area contributed by atoms with Crippen LogP contribution in [-0.2, 0) is 57.4 Å². The Balaban J connectivity index is 1.85. The van der Waals surface area contributed by atoms with E-state index in [-0.39, 0.29) is 92.3 Å². The molecular weight excluding hydrogens is 981 g/mol. The minimum absolute atomic E-state index is 0.0163. The molecule has 0 fully saturated rings. The highest BCUT2D eigenvalue weighted by molar-refractivity contribution is 7.99. The van der Waals surface area contributed by atoms with Crippen molar-refractivity contribution in [2.24, 2.45) is 11.5 Å². The van der Waals surface area contributed by atoms with Crippen LogP contribution in [0.15, 0.2) is 106 Å². The zero-order valence-corrected chi connectivity index (χ0v) is 42.3. The lowest BCUT2D eigenvalue weighted by Crippen LogP contribution is -2.38. The average Bonchev–Trinajstić information content (AvgIpc) is 3.36. The Morgan fingerprint density at radius 1 is 0.611 bits per heavy atom. The monoisotopic (exact) mass is 1040 g/mol. The smallest absolute Gasteiger partial charge is 0.356 e. The van der Waals surface area contributed by atoms with Crippen LogP contribution in [-0.4, -0.2) is 119 Å². The molecular formula is C48H58N6O16S2. The first kappa shape index (κ1) is 57.6. The Bertz CT molecular complexity index is 2390. The van der Waals surface area contributed by atoms with Crippen molar-refractivity contribution in [1.82, 2.24) is 10.1 Å². The summed E-state index contributed by atoms with van der Waals surface area (Å²) in [5.74, 6) is -7.78. The van der Waals surface area contributed by atoms with Gasteiger partial charge < -0.3 is 40.1 Å². The number of non-ortho nitro benzene ring substituents is 2. The molecule has 24 heteroatoms. The van der Waals surface area contributed by atoms with Crippen LogP contribution in [0.25, 0.3) is 0 Å². The normalized spacial score (nSPS) is 15.9. The topological polar surface area (TPSA) is 303 Å². The maximum atomic E-state index is 14.1. The fourth-order valence-electron chi connectivity index (χ4n) is 7.76. The van der Waals surface area contributed by atoms with E-state index in [2.05, 4.69) is 0 Å². The second-order valence-corrected chi connectivity index (χ2v) is 17.8. The molecule has 0 radical (unpaired) electrons. The van der Waals surface area contributed by atoms with Gasteiger partial charge in [0.15, 0.2) is 0 Å². The maximum Gasteiger partial charge on any atom is 0.356 e. The summed E-state index contributed by atoms with van der Waals surface area (Å²) in [5, 5.41) is 25.7. The Labute approximate surface area is 423 Å². The number of unbranched alkanes of at least 4 members (excludes halogenated alkanes) is 2. The van der Waals surface area contributed by atoms with Gasteiger partial charge in [0, 0.05) is 47.9 Å². The van der Waals surface area contributed by atoms with Crippen molar-refractivity contribution >= 4 is 70.7 Å². The second kappa shape index (κ2) is 28.1. The summed E-state index contributed by atoms with van der Waals surface area (Å²) in [5.41, 5.74) is 10.3. The molecule has 0 aromatic heterocycles. The molecule has 388 valence electrons. The minimum atomic E-state index is -1.30. The van der Waals surface area contributed by atoms with Crippen LogP contribution < -0.4 is 11.5 Å². The summed E-state index contributed by atoms with van der Waals surface area (Å²) >= 11 is 2.68. The summed E-state index contributed by atoms with van der Waals surface area (Å²) in [4.78, 5) is 118. The van der Waals surface area contributed by atoms with Crippen molar-refractivity contribution < 1.29 is 67.2 Å². The Morgan fingerprint density at radius 2 is 0.986 bits per heavy atom. The van der Waals surface area contributed by atoms with Crippen LogP contribution in [0.4, 0.5) is 11.4 Å². The number of thioether (sulfide) groups is 2. The molecule has 2 aromatic carbocycles. The molecule has 72 heavy (non-hydrogen) atoms. The van der Waals surface area contributed by atoms with E-state index in [1.165, 1.54) is 85.9 Å². The molecule has 22 nitrogen and oxygen atoms in total. The molecule has 4 N–H and O–H groups in total. The Morgan fingerprint density at radius 3 is 1.31 bits per heavy atom. The summed E-state index contributed by atoms with van der Waals surface area (Å²) in [7, 11) is 2.18. The lowest BCUT2D eigenvalue weighted by atomic mass is 9.80. The first-order chi connectivity index (χ1) is 34.5. The van der Waals surface area contributed by atoms with Gasteiger partial charge in [-0.25, -0.2) is 28.8 Å². The number of carbonyl (C=O) groups excluding carboxylic acids is 6. The standard InChI is InChI=1S/C48H58N6O16S2/c1-7-67-47(59)43-35(27-71-23-11-9-21-49)51(29(3)39(45(57)65-5)41(43)31-15-13-17-33(25-31)53(61)62)69-37(55)19-20-38(56)70-52-30(4)40(46(58)66-6)42(32-16-14-18-34(26-32)54(63)64)44(48(60)68-8-2)36(52)28-72-24-12-10-22-50/h13-20,25-26,41-42H,7-12,21-24,27-28,49-50H2,1-6H3/b20-19+. The average molecular weight is 1040 g/mol. The van der Waals surface area contributed by atoms with Gasteiger partial charge in [-0.2, -0.15) is 33.7 Å². The van der Waals surface area contributed by atoms with E-state index in [0.29, 0.717) is 62.4 Å². The summed E-state index contributed by atoms with van der Waals surface area (Å²) in [6.45, 7) is 6.56. The van der Waals surface area contributed by atoms with Crippen LogP contribution >= 0.6 is 23.5 Å². The van der Waals surface area contributed by atoms with E-state index in [4.69, 9.17) is 40.1 Å². The molecule has 0 aliphatic carbocycles. The molecule has 4 rings (SSSR count). The van der Waals surface area contributed by atoms with E-state index in [0.717, 1.165) is 24.3 Å². The highest BCUT2D eigenvalue weighted by Gasteiger charge is 2.45. The Hall–Kier alpha value is -7.02. The van der Waals surface area contributed by atoms with Gasteiger partial charge in [-0.15, -0.1) is 0 Å². The van der Waals surface area contributed by atoms with Gasteiger partial charge in [0.1, 0.15) is 0 Å². The number of hydroxylamine groups is 4. The van der Waals surface area contributed by atoms with Crippen molar-refractivity contribution in [3.05, 3.63) is 137 Å². The third-order valence-electron chi connectivity index (χ3n) is 11.0. The molecule has 0 spiro atoms. The fourth-order valence-corrected chi connectivity index (χ4v) is 9.79. The van der Waals surface area contributed by atoms with Gasteiger partial charge in [-0.1, -0.05) is 24.3 Å². The molecule has 2 atom stereocenters. The number of carbonyl (C=O) groups is 6. The van der Waals surface area contributed by atoms with E-state index in [9.17, 15) is 49.0 Å². The maximum absolute atomic E-state index is 14.1. The van der Waals surface area contributed by atoms with Crippen molar-refractivity contribution in [2.75, 3.05) is 63.5 Å². The molecule has 0 bridgehead atoms. The Kier molecular flexibility index (Phi) is 22.5. The zero-order chi connectivity index (χ0) is 53.1. The van der Waals surface area contributed by atoms with Crippen LogP contribution in [0, 0.1) is 20.2 Å². The first-order valence-corrected chi connectivity index (χ1v) is 25.0. The van der Waals surface area contributed by atoms with Gasteiger partial charge in [0.25, 0.3) is 11.4 Å². The SMILES string of the molecule is CCOC(=O)C1=C(CSCCCCN)N(OC(=O)/C=C/C(=O)ON2C(C)=C(C(=O)OC)C(c3cccc([N+](=O)[O-])c3)C(C(=O)OCC)=C2CSCCCCN)C(C)=C(C(=O)OC)C1c1cccc([N+](=O)[O-])c1. The largest absolute Gasteiger partial charge is 0.466 e. The number of benzene rings is 2. The lowest BCUT2D eigenvalue weighted by molar-refractivity contribution is -0.385. The number of ether oxygens (including phenoxy) is 4. The fraction of sp³-hybridized carbons (Fsp3) is 0.417. The number of allylic oxidation sites excluding steroid dienone is 2. The van der Waals surface area contributed by atoms with E-state index < -0.39 is 57.5 Å². The minimum Gasteiger partial charge on any atom is -0.466 e. The quantitative estimate of drug-likeness (QED) is 0.0275. The number of nitro groups is 2. The number of methoxy groups -OCH3 is 2. The third kappa shape index (κ3) is 14.3. The molecule has 2 aromatic rings. The molecule has 2 aliphatic rings. The number of hydrogen-bond donors (Lipinski definition) is 2. The van der Waals surface area contributed by atoms with Gasteiger partial charge in [-0.05, 0) is 89.1 Å². The predicted octanol–water partition coefficient (Wildman–Crippen LogP) is 5.95. The third-order valence-corrected chi connectivity index (χ3v) is 13.1. The number of esters is 4. The highest BCUT2D eigenvalue weighted by Crippen LogP contribution is 2.46. The molecule has 2 aliphatic heterocycles. The van der Waals surface area contributed by atoms with Crippen molar-refractivity contribution in [3.63, 3.8) is 0 Å². The second-order valence-electron chi connectivity index (χ2n) is 15.6. The molecule has 0 saturated carbocycles. The lowest BCUT2D eigenvalue weighted by Gasteiger charge is -2.37. The van der Waals surface area contributed by atoms with Gasteiger partial charge in [-0.3, -0.25) is 20.2 Å². The van der Waals surface area contributed by atoms with Gasteiger partial charge in [0.05, 0.1) is 94.2 Å². The van der Waals surface area contributed by atoms with Crippen molar-refractivity contribution in [2.45, 2.75) is 65.2 Å². The number of nitrogens with zero attached hydrogens (tertiary/aromatic N) is 4. The summed E-state index contributed by atoms with van der Waals surface area (Å²) in [6.07, 6.45) is 4.12. The number of rotatable bonds is 26. The van der Waals surface area contributed by atoms with Crippen LogP contribution in [0.2, 0.25) is 0 Å². The molecule has 0 amide bonds. The van der Waals surface area contributed by atoms with Crippen LogP contribution in [0.5, 0.6) is 0 Å². The van der Waals surface area contributed by atoms with Crippen LogP contribution in [0.1, 0.15) is 76.3 Å². The number of nitrogens with two attached hydrogens (primary N) is 2. The molecule has 0 saturated heterocycles. The zero-order valence-electron chi connectivity index (χ0n) is 40.7. The number of hydrogen-bond acceptors (Lipinski definition) is 22. The van der Waals surface area contributed by atoms with Crippen LogP contribution in [0.3, 0.4) is 0 Å². The predicted molar refractivity (Wildman–Crippen MR) is 265 cm³/mol. The first-order valence-electron chi connectivity index (χ1n) is 22.7. The van der Waals surface area contributed by atoms with Gasteiger partial charge in [0.2, 0.25) is 0 Å². The van der Waals surface area contributed by atoms with Gasteiger partial charge >= 0.3 is 35.8 Å². The molecule has 2 heterocycles. The van der Waals surface area contributed by atoms with Crippen molar-refractivity contribution in [1.29, 1.82) is 0 Å². The van der Waals surface area contributed by atoms with E-state index in [1.807, 2.05) is 0 Å². The number of nitro benzene ring substituents is 2. The van der Waals surface area contributed by atoms with Crippen molar-refractivity contribution in [3.8, 4) is 0 Å². The molecule has 2 unspecified atom stereocenters.